The van der Waals surface area contributed by atoms with E-state index in [9.17, 15) is 9.59 Å². The van der Waals surface area contributed by atoms with Gasteiger partial charge in [-0.3, -0.25) is 0 Å². The Morgan fingerprint density at radius 2 is 1.84 bits per heavy atom. The van der Waals surface area contributed by atoms with Crippen LogP contribution in [0.4, 0.5) is 0 Å². The molecule has 0 bridgehead atoms. The second-order valence-electron chi connectivity index (χ2n) is 6.20. The Hall–Kier alpha value is -2.82. The van der Waals surface area contributed by atoms with Gasteiger partial charge in [0.05, 0.1) is 12.7 Å². The summed E-state index contributed by atoms with van der Waals surface area (Å²) >= 11 is 0. The lowest BCUT2D eigenvalue weighted by atomic mass is 10.2. The third-order valence-corrected chi connectivity index (χ3v) is 4.33. The van der Waals surface area contributed by atoms with E-state index in [4.69, 9.17) is 4.74 Å². The summed E-state index contributed by atoms with van der Waals surface area (Å²) in [5.74, 6) is -0.503. The third kappa shape index (κ3) is 3.82. The Morgan fingerprint density at radius 3 is 2.44 bits per heavy atom. The van der Waals surface area contributed by atoms with Crippen LogP contribution in [0.5, 0.6) is 5.75 Å². The second-order valence-corrected chi connectivity index (χ2v) is 6.20. The van der Waals surface area contributed by atoms with Crippen molar-refractivity contribution in [2.45, 2.75) is 32.7 Å². The normalized spacial score (nSPS) is 13.9. The Bertz CT molecular complexity index is 826. The molecule has 0 saturated heterocycles. The number of methoxy groups -OCH3 is 1. The van der Waals surface area contributed by atoms with Gasteiger partial charge in [0.2, 0.25) is 0 Å². The largest absolute Gasteiger partial charge is 0.465 e. The number of aromatic nitrogens is 1. The van der Waals surface area contributed by atoms with Gasteiger partial charge in [0, 0.05) is 23.5 Å². The van der Waals surface area contributed by atoms with Crippen LogP contribution < -0.4 is 4.74 Å². The molecule has 1 aliphatic carbocycles. The minimum absolute atomic E-state index is 0.380. The van der Waals surface area contributed by atoms with Crippen LogP contribution in [-0.2, 0) is 9.53 Å². The van der Waals surface area contributed by atoms with Gasteiger partial charge in [0.15, 0.2) is 0 Å². The molecule has 1 aliphatic rings. The van der Waals surface area contributed by atoms with Crippen molar-refractivity contribution in [3.8, 4) is 5.75 Å². The van der Waals surface area contributed by atoms with Crippen LogP contribution in [0.2, 0.25) is 0 Å². The molecule has 5 nitrogen and oxygen atoms in total. The number of hydrogen-bond donors (Lipinski definition) is 0. The number of hydrogen-bond acceptors (Lipinski definition) is 4. The molecule has 0 radical (unpaired) electrons. The molecule has 1 fully saturated rings. The van der Waals surface area contributed by atoms with Crippen LogP contribution in [0, 0.1) is 13.8 Å². The SMILES string of the molecule is COC(=O)c1ccc(OC(=O)/C=C/c2cc(C)n(C3CC3)c2C)cc1. The van der Waals surface area contributed by atoms with Gasteiger partial charge in [-0.15, -0.1) is 0 Å². The topological polar surface area (TPSA) is 57.5 Å². The summed E-state index contributed by atoms with van der Waals surface area (Å²) in [6.07, 6.45) is 5.66. The number of esters is 2. The molecule has 5 heteroatoms. The molecule has 1 saturated carbocycles. The van der Waals surface area contributed by atoms with E-state index < -0.39 is 11.9 Å². The van der Waals surface area contributed by atoms with E-state index in [1.807, 2.05) is 0 Å². The number of carbonyl (C=O) groups is 2. The van der Waals surface area contributed by atoms with Crippen molar-refractivity contribution < 1.29 is 19.1 Å². The average Bonchev–Trinajstić information content (AvgIpc) is 3.39. The van der Waals surface area contributed by atoms with Gasteiger partial charge >= 0.3 is 11.9 Å². The lowest BCUT2D eigenvalue weighted by Crippen LogP contribution is -2.05. The second kappa shape index (κ2) is 6.97. The highest BCUT2D eigenvalue weighted by molar-refractivity contribution is 5.90. The van der Waals surface area contributed by atoms with Crippen LogP contribution in [-0.4, -0.2) is 23.6 Å². The van der Waals surface area contributed by atoms with E-state index in [1.165, 1.54) is 37.4 Å². The fourth-order valence-corrected chi connectivity index (χ4v) is 2.95. The number of carbonyl (C=O) groups excluding carboxylic acids is 2. The molecular weight excluding hydrogens is 318 g/mol. The van der Waals surface area contributed by atoms with Crippen molar-refractivity contribution in [2.75, 3.05) is 7.11 Å². The van der Waals surface area contributed by atoms with Crippen molar-refractivity contribution in [3.63, 3.8) is 0 Å². The highest BCUT2D eigenvalue weighted by Crippen LogP contribution is 2.38. The summed E-state index contributed by atoms with van der Waals surface area (Å²) in [4.78, 5) is 23.4. The first-order valence-corrected chi connectivity index (χ1v) is 8.26. The van der Waals surface area contributed by atoms with Crippen molar-refractivity contribution >= 4 is 18.0 Å². The van der Waals surface area contributed by atoms with E-state index in [0.29, 0.717) is 17.4 Å². The Labute approximate surface area is 146 Å². The molecule has 130 valence electrons. The highest BCUT2D eigenvalue weighted by Gasteiger charge is 2.26. The fraction of sp³-hybridized carbons (Fsp3) is 0.300. The molecule has 1 aromatic carbocycles. The molecule has 2 aromatic rings. The maximum Gasteiger partial charge on any atom is 0.337 e. The third-order valence-electron chi connectivity index (χ3n) is 4.33. The molecule has 0 spiro atoms. The molecule has 0 N–H and O–H groups in total. The first kappa shape index (κ1) is 17.0. The minimum Gasteiger partial charge on any atom is -0.465 e. The molecule has 1 heterocycles. The summed E-state index contributed by atoms with van der Waals surface area (Å²) in [5.41, 5.74) is 3.82. The summed E-state index contributed by atoms with van der Waals surface area (Å²) in [6.45, 7) is 4.16. The number of benzene rings is 1. The number of rotatable bonds is 5. The van der Waals surface area contributed by atoms with Crippen molar-refractivity contribution in [1.29, 1.82) is 0 Å². The van der Waals surface area contributed by atoms with Gasteiger partial charge in [-0.05, 0) is 68.7 Å². The van der Waals surface area contributed by atoms with E-state index in [-0.39, 0.29) is 0 Å². The smallest absolute Gasteiger partial charge is 0.337 e. The molecule has 25 heavy (non-hydrogen) atoms. The number of nitrogens with zero attached hydrogens (tertiary/aromatic N) is 1. The first-order valence-electron chi connectivity index (χ1n) is 8.26. The van der Waals surface area contributed by atoms with Gasteiger partial charge in [0.1, 0.15) is 5.75 Å². The first-order chi connectivity index (χ1) is 12.0. The molecule has 0 amide bonds. The average molecular weight is 339 g/mol. The van der Waals surface area contributed by atoms with E-state index in [0.717, 1.165) is 5.56 Å². The van der Waals surface area contributed by atoms with E-state index >= 15 is 0 Å². The lowest BCUT2D eigenvalue weighted by Gasteiger charge is -2.06. The number of ether oxygens (including phenoxy) is 2. The van der Waals surface area contributed by atoms with E-state index in [2.05, 4.69) is 29.2 Å². The molecule has 3 rings (SSSR count). The summed E-state index contributed by atoms with van der Waals surface area (Å²) in [7, 11) is 1.32. The minimum atomic E-state index is -0.456. The van der Waals surface area contributed by atoms with Crippen LogP contribution >= 0.6 is 0 Å². The predicted molar refractivity (Wildman–Crippen MR) is 94.6 cm³/mol. The zero-order valence-corrected chi connectivity index (χ0v) is 14.6. The molecule has 0 atom stereocenters. The quantitative estimate of drug-likeness (QED) is 0.472. The lowest BCUT2D eigenvalue weighted by molar-refractivity contribution is -0.128. The summed E-state index contributed by atoms with van der Waals surface area (Å²) in [6, 6.07) is 8.95. The van der Waals surface area contributed by atoms with Crippen LogP contribution in [0.1, 0.15) is 46.2 Å². The van der Waals surface area contributed by atoms with Crippen LogP contribution in [0.3, 0.4) is 0 Å². The predicted octanol–water partition coefficient (Wildman–Crippen LogP) is 3.85. The molecule has 0 unspecified atom stereocenters. The van der Waals surface area contributed by atoms with Gasteiger partial charge in [-0.25, -0.2) is 9.59 Å². The maximum absolute atomic E-state index is 12.0. The van der Waals surface area contributed by atoms with Gasteiger partial charge in [0.25, 0.3) is 0 Å². The van der Waals surface area contributed by atoms with Crippen molar-refractivity contribution in [3.05, 3.63) is 58.9 Å². The van der Waals surface area contributed by atoms with Gasteiger partial charge in [-0.1, -0.05) is 0 Å². The van der Waals surface area contributed by atoms with Gasteiger partial charge in [-0.2, -0.15) is 0 Å². The zero-order valence-electron chi connectivity index (χ0n) is 14.6. The maximum atomic E-state index is 12.0. The number of aryl methyl sites for hydroxylation is 1. The Morgan fingerprint density at radius 1 is 1.16 bits per heavy atom. The van der Waals surface area contributed by atoms with Crippen molar-refractivity contribution in [1.82, 2.24) is 4.57 Å². The zero-order chi connectivity index (χ0) is 18.0. The summed E-state index contributed by atoms with van der Waals surface area (Å²) in [5, 5.41) is 0. The van der Waals surface area contributed by atoms with Crippen LogP contribution in [0.15, 0.2) is 36.4 Å². The van der Waals surface area contributed by atoms with Crippen molar-refractivity contribution in [2.24, 2.45) is 0 Å². The monoisotopic (exact) mass is 339 g/mol. The molecule has 0 aliphatic heterocycles. The highest BCUT2D eigenvalue weighted by atomic mass is 16.5. The fourth-order valence-electron chi connectivity index (χ4n) is 2.95. The Kier molecular flexibility index (Phi) is 4.74. The summed E-state index contributed by atoms with van der Waals surface area (Å²) < 4.78 is 12.2. The molecular formula is C20H21NO4. The van der Waals surface area contributed by atoms with E-state index in [1.54, 1.807) is 30.3 Å². The van der Waals surface area contributed by atoms with Gasteiger partial charge < -0.3 is 14.0 Å². The molecule has 1 aromatic heterocycles. The Balaban J connectivity index is 1.65. The van der Waals surface area contributed by atoms with Crippen LogP contribution in [0.25, 0.3) is 6.08 Å². The standard InChI is InChI=1S/C20H21NO4/c1-13-12-16(14(2)21(13)17-7-8-17)6-11-19(22)25-18-9-4-15(5-10-18)20(23)24-3/h4-6,9-12,17H,7-8H2,1-3H3/b11-6+.